The molecule has 174 valence electrons. The average molecular weight is 526 g/mol. The van der Waals surface area contributed by atoms with Crippen LogP contribution < -0.4 is 0 Å². The van der Waals surface area contributed by atoms with Crippen LogP contribution in [0.5, 0.6) is 0 Å². The van der Waals surface area contributed by atoms with Crippen molar-refractivity contribution in [3.05, 3.63) is 0 Å². The van der Waals surface area contributed by atoms with Gasteiger partial charge in [0.25, 0.3) is 0 Å². The van der Waals surface area contributed by atoms with Crippen molar-refractivity contribution in [1.82, 2.24) is 4.90 Å². The van der Waals surface area contributed by atoms with Crippen molar-refractivity contribution in [3.8, 4) is 0 Å². The molecule has 0 aliphatic heterocycles. The number of nitrogens with zero attached hydrogens (tertiary/aromatic N) is 1. The lowest BCUT2D eigenvalue weighted by atomic mass is 10.0. The zero-order valence-corrected chi connectivity index (χ0v) is 21.3. The number of alkyl halides is 1. The summed E-state index contributed by atoms with van der Waals surface area (Å²) >= 11 is 2.21. The minimum Gasteiger partial charge on any atom is -0.465 e. The second kappa shape index (κ2) is 24.2. The maximum absolute atomic E-state index is 11.0. The van der Waals surface area contributed by atoms with Gasteiger partial charge in [0.1, 0.15) is 0 Å². The molecule has 0 radical (unpaired) electrons. The molecule has 0 saturated carbocycles. The van der Waals surface area contributed by atoms with Crippen LogP contribution in [0.25, 0.3) is 0 Å². The number of rotatable bonds is 23. The molecule has 0 unspecified atom stereocenters. The number of unbranched alkanes of at least 4 members (excludes halogenated alkanes) is 15. The Bertz CT molecular complexity index is 342. The first-order valence-corrected chi connectivity index (χ1v) is 13.9. The second-order valence-corrected chi connectivity index (χ2v) is 9.31. The minimum atomic E-state index is -0.820. The molecule has 4 nitrogen and oxygen atoms in total. The number of carbonyl (C=O) groups is 1. The van der Waals surface area contributed by atoms with Crippen LogP contribution in [0.2, 0.25) is 0 Å². The van der Waals surface area contributed by atoms with Gasteiger partial charge >= 0.3 is 6.09 Å². The lowest BCUT2D eigenvalue weighted by molar-refractivity contribution is 0.111. The van der Waals surface area contributed by atoms with Gasteiger partial charge in [-0.15, -0.1) is 0 Å². The van der Waals surface area contributed by atoms with Crippen molar-refractivity contribution in [2.24, 2.45) is 0 Å². The van der Waals surface area contributed by atoms with Crippen molar-refractivity contribution < 1.29 is 14.6 Å². The van der Waals surface area contributed by atoms with Gasteiger partial charge in [0.2, 0.25) is 0 Å². The van der Waals surface area contributed by atoms with Gasteiger partial charge in [0.05, 0.1) is 0 Å². The molecule has 0 aromatic heterocycles. The smallest absolute Gasteiger partial charge is 0.407 e. The topological polar surface area (TPSA) is 49.8 Å². The van der Waals surface area contributed by atoms with Crippen LogP contribution in [0.4, 0.5) is 4.79 Å². The van der Waals surface area contributed by atoms with E-state index in [0.717, 1.165) is 23.9 Å². The van der Waals surface area contributed by atoms with E-state index in [1.165, 1.54) is 101 Å². The first-order chi connectivity index (χ1) is 14.2. The van der Waals surface area contributed by atoms with Gasteiger partial charge in [0, 0.05) is 30.7 Å². The zero-order chi connectivity index (χ0) is 21.4. The van der Waals surface area contributed by atoms with E-state index in [1.54, 1.807) is 0 Å². The summed E-state index contributed by atoms with van der Waals surface area (Å²) in [7, 11) is 0. The Labute approximate surface area is 194 Å². The third-order valence-corrected chi connectivity index (χ3v) is 5.97. The highest BCUT2D eigenvalue weighted by atomic mass is 127. The quantitative estimate of drug-likeness (QED) is 0.0834. The molecule has 0 saturated heterocycles. The first kappa shape index (κ1) is 29.0. The summed E-state index contributed by atoms with van der Waals surface area (Å²) < 4.78 is 6.48. The molecular weight excluding hydrogens is 477 g/mol. The Balaban J connectivity index is 3.14. The highest BCUT2D eigenvalue weighted by Crippen LogP contribution is 2.13. The normalized spacial score (nSPS) is 11.1. The van der Waals surface area contributed by atoms with Crippen molar-refractivity contribution in [2.75, 3.05) is 30.7 Å². The van der Waals surface area contributed by atoms with Crippen LogP contribution in [-0.4, -0.2) is 46.8 Å². The highest BCUT2D eigenvalue weighted by molar-refractivity contribution is 14.1. The molecule has 0 atom stereocenters. The van der Waals surface area contributed by atoms with Crippen LogP contribution in [0.1, 0.15) is 116 Å². The van der Waals surface area contributed by atoms with E-state index >= 15 is 0 Å². The summed E-state index contributed by atoms with van der Waals surface area (Å²) in [5.74, 6) is 0. The molecule has 0 aromatic rings. The lowest BCUT2D eigenvalue weighted by Crippen LogP contribution is -2.32. The number of hydrogen-bond donors (Lipinski definition) is 1. The van der Waals surface area contributed by atoms with E-state index in [9.17, 15) is 4.79 Å². The molecule has 0 aliphatic rings. The third-order valence-electron chi connectivity index (χ3n) is 5.48. The molecule has 0 aromatic carbocycles. The molecule has 1 N–H and O–H groups in total. The number of ether oxygens (including phenoxy) is 1. The van der Waals surface area contributed by atoms with Gasteiger partial charge in [-0.05, 0) is 12.8 Å². The standard InChI is InChI=1S/C24H48INO3/c1-2-3-4-5-6-7-8-9-10-11-12-13-14-15-16-17-22-29-23-18-20-26(21-19-25)24(27)28/h2-23H2,1H3,(H,27,28). The van der Waals surface area contributed by atoms with E-state index in [2.05, 4.69) is 29.5 Å². The van der Waals surface area contributed by atoms with Gasteiger partial charge in [-0.1, -0.05) is 126 Å². The Morgan fingerprint density at radius 1 is 0.690 bits per heavy atom. The summed E-state index contributed by atoms with van der Waals surface area (Å²) in [4.78, 5) is 12.5. The van der Waals surface area contributed by atoms with Crippen LogP contribution in [0, 0.1) is 0 Å². The summed E-state index contributed by atoms with van der Waals surface area (Å²) in [6.45, 7) is 4.96. The van der Waals surface area contributed by atoms with Crippen LogP contribution in [-0.2, 0) is 4.74 Å². The summed E-state index contributed by atoms with van der Waals surface area (Å²) in [5.41, 5.74) is 0. The molecule has 0 aliphatic carbocycles. The van der Waals surface area contributed by atoms with E-state index in [1.807, 2.05) is 0 Å². The highest BCUT2D eigenvalue weighted by Gasteiger charge is 2.09. The van der Waals surface area contributed by atoms with E-state index in [4.69, 9.17) is 9.84 Å². The van der Waals surface area contributed by atoms with Crippen molar-refractivity contribution in [2.45, 2.75) is 116 Å². The molecule has 5 heteroatoms. The Morgan fingerprint density at radius 2 is 1.10 bits per heavy atom. The zero-order valence-electron chi connectivity index (χ0n) is 19.1. The van der Waals surface area contributed by atoms with Gasteiger partial charge in [-0.2, -0.15) is 0 Å². The Morgan fingerprint density at radius 3 is 1.52 bits per heavy atom. The van der Waals surface area contributed by atoms with E-state index in [0.29, 0.717) is 19.7 Å². The molecule has 0 rings (SSSR count). The van der Waals surface area contributed by atoms with Crippen molar-refractivity contribution in [3.63, 3.8) is 0 Å². The third kappa shape index (κ3) is 22.5. The maximum Gasteiger partial charge on any atom is 0.407 e. The molecular formula is C24H48INO3. The SMILES string of the molecule is CCCCCCCCCCCCCCCCCCOCCCN(CCI)C(=O)O. The first-order valence-electron chi connectivity index (χ1n) is 12.3. The number of carboxylic acid groups (broad SMARTS) is 1. The summed E-state index contributed by atoms with van der Waals surface area (Å²) in [6.07, 6.45) is 22.1. The number of amides is 1. The molecule has 0 bridgehead atoms. The van der Waals surface area contributed by atoms with Crippen molar-refractivity contribution >= 4 is 28.7 Å². The monoisotopic (exact) mass is 525 g/mol. The minimum absolute atomic E-state index is 0.581. The predicted molar refractivity (Wildman–Crippen MR) is 133 cm³/mol. The van der Waals surface area contributed by atoms with Crippen molar-refractivity contribution in [1.29, 1.82) is 0 Å². The number of halogens is 1. The molecule has 29 heavy (non-hydrogen) atoms. The van der Waals surface area contributed by atoms with Crippen LogP contribution in [0.15, 0.2) is 0 Å². The van der Waals surface area contributed by atoms with E-state index < -0.39 is 6.09 Å². The fourth-order valence-electron chi connectivity index (χ4n) is 3.62. The average Bonchev–Trinajstić information content (AvgIpc) is 2.71. The van der Waals surface area contributed by atoms with Crippen LogP contribution in [0.3, 0.4) is 0 Å². The van der Waals surface area contributed by atoms with Crippen LogP contribution >= 0.6 is 22.6 Å². The maximum atomic E-state index is 11.0. The fraction of sp³-hybridized carbons (Fsp3) is 0.958. The largest absolute Gasteiger partial charge is 0.465 e. The van der Waals surface area contributed by atoms with Gasteiger partial charge in [-0.25, -0.2) is 4.79 Å². The molecule has 0 heterocycles. The van der Waals surface area contributed by atoms with Gasteiger partial charge in [-0.3, -0.25) is 0 Å². The molecule has 0 fully saturated rings. The summed E-state index contributed by atoms with van der Waals surface area (Å²) in [5, 5.41) is 9.04. The lowest BCUT2D eigenvalue weighted by Gasteiger charge is -2.17. The Kier molecular flexibility index (Phi) is 24.2. The molecule has 1 amide bonds. The van der Waals surface area contributed by atoms with Gasteiger partial charge < -0.3 is 14.7 Å². The summed E-state index contributed by atoms with van der Waals surface area (Å²) in [6, 6.07) is 0. The molecule has 0 spiro atoms. The van der Waals surface area contributed by atoms with Gasteiger partial charge in [0.15, 0.2) is 0 Å². The second-order valence-electron chi connectivity index (χ2n) is 8.23. The number of hydrogen-bond acceptors (Lipinski definition) is 2. The predicted octanol–water partition coefficient (Wildman–Crippen LogP) is 8.07. The fourth-order valence-corrected chi connectivity index (χ4v) is 4.20. The van der Waals surface area contributed by atoms with E-state index in [-0.39, 0.29) is 0 Å². The Hall–Kier alpha value is -0.0400.